The van der Waals surface area contributed by atoms with Gasteiger partial charge in [-0.05, 0) is 31.7 Å². The van der Waals surface area contributed by atoms with E-state index >= 15 is 0 Å². The van der Waals surface area contributed by atoms with Crippen LogP contribution in [0.3, 0.4) is 0 Å². The number of carbonyl (C=O) groups is 1. The molecule has 2 aromatic rings. The van der Waals surface area contributed by atoms with Crippen molar-refractivity contribution in [2.75, 3.05) is 13.1 Å². The summed E-state index contributed by atoms with van der Waals surface area (Å²) in [4.78, 5) is 15.2. The number of piperidine rings is 1. The maximum absolute atomic E-state index is 13.2. The topological polar surface area (TPSA) is 61.0 Å². The Balaban J connectivity index is 1.64. The zero-order chi connectivity index (χ0) is 16.5. The number of aromatic nitrogens is 2. The zero-order valence-corrected chi connectivity index (χ0v) is 14.1. The van der Waals surface area contributed by atoms with Crippen LogP contribution in [-0.2, 0) is 13.0 Å². The zero-order valence-electron chi connectivity index (χ0n) is 14.1. The molecule has 2 N–H and O–H groups in total. The number of H-pyrrole nitrogens is 1. The van der Waals surface area contributed by atoms with E-state index in [2.05, 4.69) is 46.7 Å². The summed E-state index contributed by atoms with van der Waals surface area (Å²) in [6.45, 7) is 4.58. The highest BCUT2D eigenvalue weighted by molar-refractivity contribution is 5.94. The molecule has 2 aliphatic rings. The summed E-state index contributed by atoms with van der Waals surface area (Å²) in [7, 11) is 0. The fraction of sp³-hybridized carbons (Fsp3) is 0.474. The van der Waals surface area contributed by atoms with Crippen LogP contribution in [0.5, 0.6) is 0 Å². The summed E-state index contributed by atoms with van der Waals surface area (Å²) in [6, 6.07) is 8.75. The molecule has 0 radical (unpaired) electrons. The van der Waals surface area contributed by atoms with E-state index < -0.39 is 0 Å². The van der Waals surface area contributed by atoms with E-state index in [-0.39, 0.29) is 11.9 Å². The number of nitrogens with one attached hydrogen (secondary N) is 2. The van der Waals surface area contributed by atoms with Crippen molar-refractivity contribution in [3.63, 3.8) is 0 Å². The summed E-state index contributed by atoms with van der Waals surface area (Å²) in [5.41, 5.74) is 5.26. The van der Waals surface area contributed by atoms with Crippen LogP contribution in [0.2, 0.25) is 0 Å². The summed E-state index contributed by atoms with van der Waals surface area (Å²) < 4.78 is 0. The van der Waals surface area contributed by atoms with E-state index in [1.54, 1.807) is 0 Å². The second-order valence-electron chi connectivity index (χ2n) is 6.88. The van der Waals surface area contributed by atoms with Gasteiger partial charge in [0.25, 0.3) is 5.91 Å². The minimum Gasteiger partial charge on any atom is -0.330 e. The predicted molar refractivity (Wildman–Crippen MR) is 92.8 cm³/mol. The Morgan fingerprint density at radius 1 is 1.25 bits per heavy atom. The Bertz CT molecular complexity index is 734. The number of nitrogens with zero attached hydrogens (tertiary/aromatic N) is 2. The van der Waals surface area contributed by atoms with Crippen molar-refractivity contribution in [3.05, 3.63) is 52.3 Å². The first-order chi connectivity index (χ1) is 11.7. The minimum absolute atomic E-state index is 0.0708. The Kier molecular flexibility index (Phi) is 4.10. The maximum Gasteiger partial charge on any atom is 0.275 e. The number of hydrogen-bond donors (Lipinski definition) is 2. The summed E-state index contributed by atoms with van der Waals surface area (Å²) in [5.74, 6) is 0.0708. The number of benzene rings is 1. The minimum atomic E-state index is 0.0708. The average molecular weight is 324 g/mol. The molecular weight excluding hydrogens is 300 g/mol. The molecule has 2 aliphatic heterocycles. The lowest BCUT2D eigenvalue weighted by Gasteiger charge is -2.36. The summed E-state index contributed by atoms with van der Waals surface area (Å²) in [6.07, 6.45) is 4.18. The first kappa shape index (κ1) is 15.4. The van der Waals surface area contributed by atoms with Gasteiger partial charge in [-0.1, -0.05) is 29.8 Å². The first-order valence-electron chi connectivity index (χ1n) is 8.88. The van der Waals surface area contributed by atoms with Gasteiger partial charge in [0, 0.05) is 37.3 Å². The van der Waals surface area contributed by atoms with Gasteiger partial charge >= 0.3 is 0 Å². The second kappa shape index (κ2) is 6.40. The molecule has 4 rings (SSSR count). The molecule has 1 aromatic carbocycles. The molecule has 0 aliphatic carbocycles. The van der Waals surface area contributed by atoms with E-state index in [9.17, 15) is 4.79 Å². The number of hydrogen-bond acceptors (Lipinski definition) is 3. The van der Waals surface area contributed by atoms with Crippen LogP contribution in [-0.4, -0.2) is 34.1 Å². The van der Waals surface area contributed by atoms with Gasteiger partial charge in [-0.25, -0.2) is 0 Å². The Morgan fingerprint density at radius 2 is 2.08 bits per heavy atom. The third-order valence-corrected chi connectivity index (χ3v) is 5.23. The molecule has 1 unspecified atom stereocenters. The largest absolute Gasteiger partial charge is 0.330 e. The van der Waals surface area contributed by atoms with Crippen molar-refractivity contribution in [1.82, 2.24) is 20.4 Å². The highest BCUT2D eigenvalue weighted by Gasteiger charge is 2.32. The Labute approximate surface area is 142 Å². The van der Waals surface area contributed by atoms with Crippen LogP contribution in [0.4, 0.5) is 0 Å². The van der Waals surface area contributed by atoms with Gasteiger partial charge in [-0.3, -0.25) is 9.89 Å². The van der Waals surface area contributed by atoms with Gasteiger partial charge in [0.15, 0.2) is 5.69 Å². The van der Waals surface area contributed by atoms with Gasteiger partial charge in [0.05, 0.1) is 6.04 Å². The fourth-order valence-electron chi connectivity index (χ4n) is 3.85. The molecule has 1 atom stereocenters. The van der Waals surface area contributed by atoms with Crippen LogP contribution in [0.1, 0.15) is 58.2 Å². The standard InChI is InChI=1S/C19H24N4O/c1-13-5-7-14(8-6-13)17-4-2-3-11-23(17)19(24)18-15-12-20-10-9-16(15)21-22-18/h5-8,17,20H,2-4,9-12H2,1H3,(H,21,22). The number of aromatic amines is 1. The number of rotatable bonds is 2. The Morgan fingerprint density at radius 3 is 2.92 bits per heavy atom. The molecule has 1 amide bonds. The first-order valence-corrected chi connectivity index (χ1v) is 8.88. The lowest BCUT2D eigenvalue weighted by atomic mass is 9.94. The number of amides is 1. The lowest BCUT2D eigenvalue weighted by Crippen LogP contribution is -2.39. The third kappa shape index (κ3) is 2.73. The molecule has 0 saturated carbocycles. The lowest BCUT2D eigenvalue weighted by molar-refractivity contribution is 0.0604. The van der Waals surface area contributed by atoms with Crippen LogP contribution in [0.15, 0.2) is 24.3 Å². The monoisotopic (exact) mass is 324 g/mol. The van der Waals surface area contributed by atoms with Gasteiger partial charge in [-0.15, -0.1) is 0 Å². The number of aryl methyl sites for hydroxylation is 1. The molecule has 5 heteroatoms. The molecule has 126 valence electrons. The molecule has 3 heterocycles. The molecule has 1 fully saturated rings. The summed E-state index contributed by atoms with van der Waals surface area (Å²) in [5, 5.41) is 10.8. The van der Waals surface area contributed by atoms with Gasteiger partial charge in [0.2, 0.25) is 0 Å². The van der Waals surface area contributed by atoms with Crippen molar-refractivity contribution < 1.29 is 4.79 Å². The maximum atomic E-state index is 13.2. The second-order valence-corrected chi connectivity index (χ2v) is 6.88. The SMILES string of the molecule is Cc1ccc(C2CCCCN2C(=O)c2n[nH]c3c2CNCC3)cc1. The molecule has 0 bridgehead atoms. The van der Waals surface area contributed by atoms with Crippen molar-refractivity contribution in [3.8, 4) is 0 Å². The molecule has 0 spiro atoms. The average Bonchev–Trinajstić information content (AvgIpc) is 3.06. The highest BCUT2D eigenvalue weighted by Crippen LogP contribution is 2.32. The molecule has 1 saturated heterocycles. The number of fused-ring (bicyclic) bond motifs is 1. The number of likely N-dealkylation sites (tertiary alicyclic amines) is 1. The van der Waals surface area contributed by atoms with Gasteiger partial charge in [-0.2, -0.15) is 5.10 Å². The van der Waals surface area contributed by atoms with Crippen molar-refractivity contribution >= 4 is 5.91 Å². The molecule has 1 aromatic heterocycles. The predicted octanol–water partition coefficient (Wildman–Crippen LogP) is 2.73. The van der Waals surface area contributed by atoms with Crippen molar-refractivity contribution in [1.29, 1.82) is 0 Å². The molecule has 24 heavy (non-hydrogen) atoms. The smallest absolute Gasteiger partial charge is 0.275 e. The van der Waals surface area contributed by atoms with Crippen molar-refractivity contribution in [2.24, 2.45) is 0 Å². The quantitative estimate of drug-likeness (QED) is 0.893. The molecular formula is C19H24N4O. The third-order valence-electron chi connectivity index (χ3n) is 5.23. The van der Waals surface area contributed by atoms with Gasteiger partial charge in [0.1, 0.15) is 0 Å². The Hall–Kier alpha value is -2.14. The van der Waals surface area contributed by atoms with E-state index in [4.69, 9.17) is 0 Å². The van der Waals surface area contributed by atoms with Crippen LogP contribution in [0, 0.1) is 6.92 Å². The molecule has 5 nitrogen and oxygen atoms in total. The highest BCUT2D eigenvalue weighted by atomic mass is 16.2. The van der Waals surface area contributed by atoms with E-state index in [1.165, 1.54) is 17.5 Å². The number of carbonyl (C=O) groups excluding carboxylic acids is 1. The van der Waals surface area contributed by atoms with Crippen LogP contribution < -0.4 is 5.32 Å². The van der Waals surface area contributed by atoms with Crippen LogP contribution in [0.25, 0.3) is 0 Å². The normalized spacial score (nSPS) is 20.7. The van der Waals surface area contributed by atoms with Crippen LogP contribution >= 0.6 is 0 Å². The van der Waals surface area contributed by atoms with Gasteiger partial charge < -0.3 is 10.2 Å². The van der Waals surface area contributed by atoms with E-state index in [1.807, 2.05) is 4.90 Å². The van der Waals surface area contributed by atoms with E-state index in [0.717, 1.165) is 50.2 Å². The summed E-state index contributed by atoms with van der Waals surface area (Å²) >= 11 is 0. The van der Waals surface area contributed by atoms with E-state index in [0.29, 0.717) is 5.69 Å². The van der Waals surface area contributed by atoms with Crippen molar-refractivity contribution in [2.45, 2.75) is 45.2 Å². The fourth-order valence-corrected chi connectivity index (χ4v) is 3.85.